The Bertz CT molecular complexity index is 599. The summed E-state index contributed by atoms with van der Waals surface area (Å²) in [6, 6.07) is 4.96. The fraction of sp³-hybridized carbons (Fsp3) is 0.0833. The van der Waals surface area contributed by atoms with Crippen LogP contribution in [0.2, 0.25) is 0 Å². The molecular weight excluding hydrogens is 243 g/mol. The van der Waals surface area contributed by atoms with Gasteiger partial charge in [-0.15, -0.1) is 0 Å². The standard InChI is InChI=1S/C12H10F3N3/c1-6-2-3-10(7(13)4-6)17-12-9(15)5-8(14)11(16)18-12/h2-5H,1H3,(H3,16,17,18). The van der Waals surface area contributed by atoms with Crippen LogP contribution in [0.15, 0.2) is 24.3 Å². The zero-order valence-electron chi connectivity index (χ0n) is 9.47. The van der Waals surface area contributed by atoms with Crippen molar-refractivity contribution in [3.63, 3.8) is 0 Å². The predicted molar refractivity (Wildman–Crippen MR) is 63.0 cm³/mol. The van der Waals surface area contributed by atoms with Crippen molar-refractivity contribution < 1.29 is 13.2 Å². The molecule has 18 heavy (non-hydrogen) atoms. The van der Waals surface area contributed by atoms with E-state index in [1.165, 1.54) is 12.1 Å². The summed E-state index contributed by atoms with van der Waals surface area (Å²) in [6.45, 7) is 1.72. The number of nitrogens with two attached hydrogens (primary N) is 1. The zero-order chi connectivity index (χ0) is 13.3. The van der Waals surface area contributed by atoms with Crippen LogP contribution in [0.25, 0.3) is 0 Å². The summed E-state index contributed by atoms with van der Waals surface area (Å²) in [5, 5.41) is 2.43. The number of aromatic nitrogens is 1. The van der Waals surface area contributed by atoms with Gasteiger partial charge in [0.15, 0.2) is 23.3 Å². The predicted octanol–water partition coefficient (Wildman–Crippen LogP) is 3.13. The number of pyridine rings is 1. The number of halogens is 3. The second-order valence-electron chi connectivity index (χ2n) is 3.79. The van der Waals surface area contributed by atoms with Crippen LogP contribution >= 0.6 is 0 Å². The van der Waals surface area contributed by atoms with Crippen molar-refractivity contribution in [3.8, 4) is 0 Å². The van der Waals surface area contributed by atoms with E-state index >= 15 is 0 Å². The lowest BCUT2D eigenvalue weighted by Gasteiger charge is -2.09. The van der Waals surface area contributed by atoms with Crippen LogP contribution in [0.4, 0.5) is 30.5 Å². The van der Waals surface area contributed by atoms with Gasteiger partial charge in [0.1, 0.15) is 5.82 Å². The third kappa shape index (κ3) is 2.37. The molecule has 6 heteroatoms. The quantitative estimate of drug-likeness (QED) is 0.864. The first-order valence-electron chi connectivity index (χ1n) is 5.12. The van der Waals surface area contributed by atoms with E-state index in [-0.39, 0.29) is 11.5 Å². The first-order chi connectivity index (χ1) is 8.47. The van der Waals surface area contributed by atoms with Gasteiger partial charge in [0.2, 0.25) is 0 Å². The lowest BCUT2D eigenvalue weighted by atomic mass is 10.2. The van der Waals surface area contributed by atoms with Gasteiger partial charge >= 0.3 is 0 Å². The number of aryl methyl sites for hydroxylation is 1. The van der Waals surface area contributed by atoms with Crippen molar-refractivity contribution in [3.05, 3.63) is 47.3 Å². The molecule has 0 atom stereocenters. The largest absolute Gasteiger partial charge is 0.381 e. The second-order valence-corrected chi connectivity index (χ2v) is 3.79. The third-order valence-corrected chi connectivity index (χ3v) is 2.33. The van der Waals surface area contributed by atoms with Gasteiger partial charge in [-0.25, -0.2) is 18.2 Å². The van der Waals surface area contributed by atoms with Gasteiger partial charge in [-0.3, -0.25) is 0 Å². The fourth-order valence-electron chi connectivity index (χ4n) is 1.42. The summed E-state index contributed by atoms with van der Waals surface area (Å²) in [5.74, 6) is -3.23. The van der Waals surface area contributed by atoms with Gasteiger partial charge < -0.3 is 11.1 Å². The molecule has 0 amide bonds. The Morgan fingerprint density at radius 3 is 2.44 bits per heavy atom. The molecule has 0 unspecified atom stereocenters. The average molecular weight is 253 g/mol. The molecule has 2 rings (SSSR count). The first-order valence-corrected chi connectivity index (χ1v) is 5.12. The van der Waals surface area contributed by atoms with Crippen LogP contribution in [-0.2, 0) is 0 Å². The molecular formula is C12H10F3N3. The summed E-state index contributed by atoms with van der Waals surface area (Å²) >= 11 is 0. The van der Waals surface area contributed by atoms with Crippen LogP contribution in [0.3, 0.4) is 0 Å². The summed E-state index contributed by atoms with van der Waals surface area (Å²) in [5.41, 5.74) is 5.99. The summed E-state index contributed by atoms with van der Waals surface area (Å²) in [4.78, 5) is 3.48. The third-order valence-electron chi connectivity index (χ3n) is 2.33. The summed E-state index contributed by atoms with van der Waals surface area (Å²) < 4.78 is 39.8. The van der Waals surface area contributed by atoms with E-state index in [0.717, 1.165) is 5.56 Å². The Kier molecular flexibility index (Phi) is 3.10. The lowest BCUT2D eigenvalue weighted by Crippen LogP contribution is -2.04. The Morgan fingerprint density at radius 1 is 1.06 bits per heavy atom. The number of nitrogen functional groups attached to an aromatic ring is 1. The highest BCUT2D eigenvalue weighted by atomic mass is 19.1. The van der Waals surface area contributed by atoms with Crippen molar-refractivity contribution in [2.24, 2.45) is 0 Å². The molecule has 0 aliphatic heterocycles. The Balaban J connectivity index is 2.37. The van der Waals surface area contributed by atoms with Gasteiger partial charge in [-0.2, -0.15) is 0 Å². The molecule has 0 spiro atoms. The van der Waals surface area contributed by atoms with Crippen molar-refractivity contribution in [2.45, 2.75) is 6.92 Å². The van der Waals surface area contributed by atoms with Gasteiger partial charge in [0, 0.05) is 6.07 Å². The average Bonchev–Trinajstić information content (AvgIpc) is 2.29. The molecule has 3 nitrogen and oxygen atoms in total. The molecule has 1 aromatic heterocycles. The molecule has 1 heterocycles. The number of nitrogens with zero attached hydrogens (tertiary/aromatic N) is 1. The van der Waals surface area contributed by atoms with Crippen molar-refractivity contribution >= 4 is 17.3 Å². The normalized spacial score (nSPS) is 10.4. The second kappa shape index (κ2) is 4.56. The minimum atomic E-state index is -0.956. The molecule has 94 valence electrons. The Morgan fingerprint density at radius 2 is 1.78 bits per heavy atom. The van der Waals surface area contributed by atoms with Crippen LogP contribution in [0.5, 0.6) is 0 Å². The SMILES string of the molecule is Cc1ccc(Nc2nc(N)c(F)cc2F)c(F)c1. The maximum atomic E-state index is 13.5. The van der Waals surface area contributed by atoms with Gasteiger partial charge in [-0.05, 0) is 24.6 Å². The van der Waals surface area contributed by atoms with Crippen molar-refractivity contribution in [1.82, 2.24) is 4.98 Å². The fourth-order valence-corrected chi connectivity index (χ4v) is 1.42. The number of rotatable bonds is 2. The molecule has 1 aromatic carbocycles. The van der Waals surface area contributed by atoms with E-state index in [2.05, 4.69) is 10.3 Å². The van der Waals surface area contributed by atoms with Crippen LogP contribution in [0, 0.1) is 24.4 Å². The monoisotopic (exact) mass is 253 g/mol. The first kappa shape index (κ1) is 12.2. The topological polar surface area (TPSA) is 50.9 Å². The van der Waals surface area contributed by atoms with Crippen LogP contribution in [-0.4, -0.2) is 4.98 Å². The molecule has 0 aliphatic carbocycles. The molecule has 0 saturated carbocycles. The molecule has 0 aliphatic rings. The maximum absolute atomic E-state index is 13.5. The highest BCUT2D eigenvalue weighted by molar-refractivity contribution is 5.59. The lowest BCUT2D eigenvalue weighted by molar-refractivity contribution is 0.580. The molecule has 2 aromatic rings. The summed E-state index contributed by atoms with van der Waals surface area (Å²) in [6.07, 6.45) is 0. The van der Waals surface area contributed by atoms with Gasteiger partial charge in [0.25, 0.3) is 0 Å². The molecule has 0 fully saturated rings. The number of anilines is 3. The van der Waals surface area contributed by atoms with Crippen LogP contribution in [0.1, 0.15) is 5.56 Å². The van der Waals surface area contributed by atoms with Crippen molar-refractivity contribution in [2.75, 3.05) is 11.1 Å². The number of benzene rings is 1. The Hall–Kier alpha value is -2.24. The highest BCUT2D eigenvalue weighted by Crippen LogP contribution is 2.23. The van der Waals surface area contributed by atoms with E-state index in [9.17, 15) is 13.2 Å². The van der Waals surface area contributed by atoms with Crippen LogP contribution < -0.4 is 11.1 Å². The minimum Gasteiger partial charge on any atom is -0.381 e. The maximum Gasteiger partial charge on any atom is 0.169 e. The summed E-state index contributed by atoms with van der Waals surface area (Å²) in [7, 11) is 0. The van der Waals surface area contributed by atoms with E-state index < -0.39 is 23.3 Å². The van der Waals surface area contributed by atoms with Crippen molar-refractivity contribution in [1.29, 1.82) is 0 Å². The Labute approximate surface area is 101 Å². The van der Waals surface area contributed by atoms with E-state index in [1.807, 2.05) is 0 Å². The molecule has 0 bridgehead atoms. The smallest absolute Gasteiger partial charge is 0.169 e. The zero-order valence-corrected chi connectivity index (χ0v) is 9.47. The number of hydrogen-bond donors (Lipinski definition) is 2. The molecule has 3 N–H and O–H groups in total. The number of hydrogen-bond acceptors (Lipinski definition) is 3. The van der Waals surface area contributed by atoms with E-state index in [1.54, 1.807) is 13.0 Å². The van der Waals surface area contributed by atoms with E-state index in [4.69, 9.17) is 5.73 Å². The molecule has 0 radical (unpaired) electrons. The number of nitrogens with one attached hydrogen (secondary N) is 1. The highest BCUT2D eigenvalue weighted by Gasteiger charge is 2.11. The minimum absolute atomic E-state index is 0.0398. The van der Waals surface area contributed by atoms with E-state index in [0.29, 0.717) is 6.07 Å². The molecule has 0 saturated heterocycles. The van der Waals surface area contributed by atoms with Gasteiger partial charge in [-0.1, -0.05) is 6.07 Å². The van der Waals surface area contributed by atoms with Gasteiger partial charge in [0.05, 0.1) is 5.69 Å².